The Kier molecular flexibility index (Phi) is 56.9. The van der Waals surface area contributed by atoms with Gasteiger partial charge in [0.2, 0.25) is 31.1 Å². The number of rotatable bonds is 49. The molecular formula is C110H126O40. The Balaban J connectivity index is 0.000000488. The first-order valence-corrected chi connectivity index (χ1v) is 46.1. The third-order valence-electron chi connectivity index (χ3n) is 19.7. The maximum absolute atomic E-state index is 12.5. The zero-order valence-corrected chi connectivity index (χ0v) is 85.4. The second-order valence-electron chi connectivity index (χ2n) is 32.4. The van der Waals surface area contributed by atoms with Crippen LogP contribution in [0.4, 0.5) is 0 Å². The number of hydrogen-bond acceptors (Lipinski definition) is 40. The topological polar surface area (TPSA) is 510 Å². The highest BCUT2D eigenvalue weighted by Crippen LogP contribution is 2.37. The molecule has 0 spiro atoms. The highest BCUT2D eigenvalue weighted by atomic mass is 16.8. The quantitative estimate of drug-likeness (QED) is 0.0130. The van der Waals surface area contributed by atoms with Crippen molar-refractivity contribution in [3.63, 3.8) is 0 Å². The second-order valence-corrected chi connectivity index (χ2v) is 32.4. The van der Waals surface area contributed by atoms with Crippen molar-refractivity contribution >= 4 is 107 Å². The van der Waals surface area contributed by atoms with E-state index in [1.807, 2.05) is 31.2 Å². The molecule has 0 radical (unpaired) electrons. The molecule has 150 heavy (non-hydrogen) atoms. The van der Waals surface area contributed by atoms with Crippen LogP contribution < -0.4 is 23.7 Å². The van der Waals surface area contributed by atoms with Gasteiger partial charge in [0, 0.05) is 118 Å². The Labute approximate surface area is 868 Å². The Morgan fingerprint density at radius 2 is 0.607 bits per heavy atom. The Bertz CT molecular complexity index is 5400. The Morgan fingerprint density at radius 1 is 0.300 bits per heavy atom. The zero-order chi connectivity index (χ0) is 113. The monoisotopic (exact) mass is 2090 g/mol. The van der Waals surface area contributed by atoms with E-state index in [1.54, 1.807) is 88.4 Å². The molecule has 7 rings (SSSR count). The minimum atomic E-state index is -1.46. The van der Waals surface area contributed by atoms with Crippen molar-refractivity contribution in [2.45, 2.75) is 201 Å². The predicted molar refractivity (Wildman–Crippen MR) is 538 cm³/mol. The van der Waals surface area contributed by atoms with Gasteiger partial charge in [-0.1, -0.05) is 136 Å². The molecule has 3 aliphatic heterocycles. The standard InChI is InChI=1S/C29H40O13.C22H22O4.C21H26O9.C21H20O5.C17H18O9/c1-4-23(30)36-16-10-7-13-26(33)40-21-19-29(42-28(35)15-9-12-18-38-25(32)6-3)39-20-22(21)41-27(34)14-8-11-17-37-24(31)5-2;1-6-16-13-19(26-22(24)15(4)5)11-12-20(16)17-7-9-18(10-8-17)25-21(23)14(2)3;1-10(2)17(22)27-14-9-26-21(30-20(25)13(7)8)16(29-19(24)12(5)6)15(14)28-18(23)11(3)4;1-13(2)20(22)25-16-8-6-15(7-9-16)18-11-10-17(12-19(18)24-5)26-21(23)14(3)4;1-5-11(18)23-10-9-22-17(26-14(21)8-4)16(25-13(20)7-3)15(10)24-12(19)6-2/h4-6,21-22,29H,1-3,7-20H2;7-13H,2,4,6H2,1,3,5H3;14-16,21H,1,3,5,7,9H2,2,4,6,8H3;6-12H,1,3H2,2,4-5H3;5-8,10,15-17H,1-4,9H2/t21-,22+,29?;;14-,15-,16+,21?;;10-,15-,16+,17?/m0.1.1/s1. The molecule has 3 saturated heterocycles. The smallest absolute Gasteiger partial charge is 0.338 e. The van der Waals surface area contributed by atoms with E-state index in [0.717, 1.165) is 76.8 Å². The first kappa shape index (κ1) is 127. The molecule has 4 aromatic carbocycles. The third-order valence-corrected chi connectivity index (χ3v) is 19.7. The van der Waals surface area contributed by atoms with Crippen LogP contribution in [0.2, 0.25) is 0 Å². The number of methoxy groups -OCH3 is 1. The van der Waals surface area contributed by atoms with Gasteiger partial charge >= 0.3 is 107 Å². The van der Waals surface area contributed by atoms with Gasteiger partial charge in [0.05, 0.1) is 53.2 Å². The van der Waals surface area contributed by atoms with E-state index in [2.05, 4.69) is 98.7 Å². The van der Waals surface area contributed by atoms with Crippen LogP contribution in [0.1, 0.15) is 132 Å². The van der Waals surface area contributed by atoms with Crippen LogP contribution in [0, 0.1) is 0 Å². The summed E-state index contributed by atoms with van der Waals surface area (Å²) < 4.78 is 115. The lowest BCUT2D eigenvalue weighted by atomic mass is 9.98. The molecule has 0 amide bonds. The molecule has 3 unspecified atom stereocenters. The van der Waals surface area contributed by atoms with E-state index in [1.165, 1.54) is 34.8 Å². The highest BCUT2D eigenvalue weighted by Gasteiger charge is 2.51. The first-order valence-electron chi connectivity index (χ1n) is 46.1. The number of esters is 18. The predicted octanol–water partition coefficient (Wildman–Crippen LogP) is 14.3. The molecule has 4 aromatic rings. The summed E-state index contributed by atoms with van der Waals surface area (Å²) in [4.78, 5) is 211. The number of aryl methyl sites for hydroxylation is 1. The van der Waals surface area contributed by atoms with E-state index in [-0.39, 0.29) is 87.6 Å². The molecule has 40 nitrogen and oxygen atoms in total. The van der Waals surface area contributed by atoms with Crippen molar-refractivity contribution in [3.8, 4) is 51.0 Å². The van der Waals surface area contributed by atoms with Crippen molar-refractivity contribution in [3.05, 3.63) is 276 Å². The maximum atomic E-state index is 12.5. The molecule has 3 heterocycles. The fraction of sp³-hybridized carbons (Fsp3) is 0.345. The zero-order valence-electron chi connectivity index (χ0n) is 85.4. The normalized spacial score (nSPS) is 17.2. The third kappa shape index (κ3) is 46.7. The summed E-state index contributed by atoms with van der Waals surface area (Å²) in [5.41, 5.74) is 6.30. The van der Waals surface area contributed by atoms with Crippen LogP contribution in [0.25, 0.3) is 22.3 Å². The molecule has 3 fully saturated rings. The lowest BCUT2D eigenvalue weighted by Crippen LogP contribution is -2.58. The van der Waals surface area contributed by atoms with Crippen LogP contribution >= 0.6 is 0 Å². The second kappa shape index (κ2) is 67.0. The highest BCUT2D eigenvalue weighted by molar-refractivity contribution is 5.93. The fourth-order valence-corrected chi connectivity index (χ4v) is 11.9. The van der Waals surface area contributed by atoms with E-state index in [9.17, 15) is 86.3 Å². The summed E-state index contributed by atoms with van der Waals surface area (Å²) in [5.74, 6) is -9.68. The van der Waals surface area contributed by atoms with E-state index >= 15 is 0 Å². The number of carbonyl (C=O) groups is 18. The largest absolute Gasteiger partial charge is 0.496 e. The maximum Gasteiger partial charge on any atom is 0.338 e. The summed E-state index contributed by atoms with van der Waals surface area (Å²) in [7, 11) is 1.53. The number of unbranched alkanes of at least 4 members (excludes halogenated alkanes) is 3. The molecule has 3 aliphatic rings. The van der Waals surface area contributed by atoms with Gasteiger partial charge in [-0.3, -0.25) is 14.4 Å². The van der Waals surface area contributed by atoms with Gasteiger partial charge < -0.3 is 104 Å². The van der Waals surface area contributed by atoms with Gasteiger partial charge in [0.25, 0.3) is 0 Å². The number of ether oxygens (including phenoxy) is 22. The molecule has 0 N–H and O–H groups in total. The van der Waals surface area contributed by atoms with E-state index in [4.69, 9.17) is 104 Å². The molecular weight excluding hydrogens is 1960 g/mol. The molecule has 0 saturated carbocycles. The summed E-state index contributed by atoms with van der Waals surface area (Å²) in [6, 6.07) is 24.8. The van der Waals surface area contributed by atoms with Crippen molar-refractivity contribution in [2.24, 2.45) is 0 Å². The van der Waals surface area contributed by atoms with E-state index in [0.29, 0.717) is 89.6 Å². The minimum absolute atomic E-state index is 0.0218. The van der Waals surface area contributed by atoms with Gasteiger partial charge in [-0.15, -0.1) is 0 Å². The van der Waals surface area contributed by atoms with Gasteiger partial charge in [-0.25, -0.2) is 71.9 Å². The minimum Gasteiger partial charge on any atom is -0.496 e. The molecule has 0 aliphatic carbocycles. The summed E-state index contributed by atoms with van der Waals surface area (Å²) in [6.07, 6.45) is -3.81. The SMILES string of the molecule is C=C(C)C(=O)OC1OC[C@@H](OC(=O)C(=C)C)[C@@H](OC(=O)C(=C)C)[C@@H]1OC(=O)C(=C)C.C=C(C)C(=O)Oc1ccc(-c2ccc(OC(=O)C(=C)C)cc2CC)cc1.C=C(C)C(=O)Oc1ccc(-c2ccc(OC(=O)C(=C)C)cc2OC)cc1.C=CC(=O)OC1OC[C@@H](OC(=O)C=C)[C@@H](OC(=O)C=C)[C@@H]1OC(=O)C=C.C=CC(=O)OCCCCC(=O)OC1C[C@H](OC(=O)CCCCOC(=O)C=C)[C@H](OC(=O)CCCCOC(=O)C=C)CO1. The van der Waals surface area contributed by atoms with Crippen LogP contribution in [-0.4, -0.2) is 222 Å². The fourth-order valence-electron chi connectivity index (χ4n) is 11.9. The molecule has 0 aromatic heterocycles. The van der Waals surface area contributed by atoms with Crippen LogP contribution in [-0.2, 0) is 173 Å². The first-order chi connectivity index (χ1) is 71.0. The lowest BCUT2D eigenvalue weighted by molar-refractivity contribution is -0.272. The van der Waals surface area contributed by atoms with Crippen molar-refractivity contribution in [1.82, 2.24) is 0 Å². The Hall–Kier alpha value is -16.9. The van der Waals surface area contributed by atoms with Gasteiger partial charge in [-0.05, 0) is 171 Å². The van der Waals surface area contributed by atoms with Crippen molar-refractivity contribution < 1.29 is 191 Å². The van der Waals surface area contributed by atoms with Crippen LogP contribution in [0.15, 0.2) is 271 Å². The molecule has 40 heteroatoms. The van der Waals surface area contributed by atoms with Crippen LogP contribution in [0.3, 0.4) is 0 Å². The number of carbonyl (C=O) groups excluding carboxylic acids is 18. The summed E-state index contributed by atoms with van der Waals surface area (Å²) in [6.45, 7) is 64.7. The Morgan fingerprint density at radius 3 is 1.01 bits per heavy atom. The average molecular weight is 2090 g/mol. The number of hydrogen-bond donors (Lipinski definition) is 0. The lowest BCUT2D eigenvalue weighted by Gasteiger charge is -2.40. The van der Waals surface area contributed by atoms with E-state index < -0.39 is 175 Å². The average Bonchev–Trinajstić information content (AvgIpc) is 0.757. The number of benzene rings is 4. The van der Waals surface area contributed by atoms with Gasteiger partial charge in [0.15, 0.2) is 30.5 Å². The molecule has 806 valence electrons. The summed E-state index contributed by atoms with van der Waals surface area (Å²) in [5, 5.41) is 0. The molecule has 0 bridgehead atoms. The van der Waals surface area contributed by atoms with Crippen LogP contribution in [0.5, 0.6) is 28.7 Å². The van der Waals surface area contributed by atoms with Gasteiger partial charge in [0.1, 0.15) is 34.9 Å². The molecule has 11 atom stereocenters. The summed E-state index contributed by atoms with van der Waals surface area (Å²) >= 11 is 0. The van der Waals surface area contributed by atoms with Gasteiger partial charge in [-0.2, -0.15) is 0 Å². The van der Waals surface area contributed by atoms with Crippen molar-refractivity contribution in [1.29, 1.82) is 0 Å². The van der Waals surface area contributed by atoms with Crippen molar-refractivity contribution in [2.75, 3.05) is 46.8 Å².